The Bertz CT molecular complexity index is 502. The van der Waals surface area contributed by atoms with Gasteiger partial charge in [0.2, 0.25) is 5.91 Å². The molecule has 18 heavy (non-hydrogen) atoms. The fourth-order valence-electron chi connectivity index (χ4n) is 1.94. The minimum absolute atomic E-state index is 0.0118. The van der Waals surface area contributed by atoms with Gasteiger partial charge in [0.05, 0.1) is 0 Å². The summed E-state index contributed by atoms with van der Waals surface area (Å²) in [7, 11) is 1.76. The van der Waals surface area contributed by atoms with Crippen LogP contribution in [0.1, 0.15) is 15.9 Å². The summed E-state index contributed by atoms with van der Waals surface area (Å²) in [5, 5.41) is 0. The minimum Gasteiger partial charge on any atom is -0.342 e. The number of rotatable bonds is 1. The highest BCUT2D eigenvalue weighted by molar-refractivity contribution is 9.10. The Kier molecular flexibility index (Phi) is 3.71. The van der Waals surface area contributed by atoms with Crippen molar-refractivity contribution in [2.24, 2.45) is 0 Å². The number of hydrogen-bond acceptors (Lipinski definition) is 2. The molecule has 2 amide bonds. The number of benzene rings is 1. The summed E-state index contributed by atoms with van der Waals surface area (Å²) in [6.45, 7) is 3.25. The third-order valence-electron chi connectivity index (χ3n) is 3.24. The van der Waals surface area contributed by atoms with E-state index in [-0.39, 0.29) is 18.4 Å². The monoisotopic (exact) mass is 310 g/mol. The predicted octanol–water partition coefficient (Wildman–Crippen LogP) is 1.67. The largest absolute Gasteiger partial charge is 0.342 e. The van der Waals surface area contributed by atoms with E-state index in [1.54, 1.807) is 22.9 Å². The zero-order valence-electron chi connectivity index (χ0n) is 10.4. The second-order valence-electron chi connectivity index (χ2n) is 4.45. The standard InChI is InChI=1S/C13H15BrN2O2/c1-9-10(4-3-5-11(9)14)13(18)16-7-6-15(2)12(17)8-16/h3-5H,6-8H2,1-2H3. The van der Waals surface area contributed by atoms with E-state index in [9.17, 15) is 9.59 Å². The maximum Gasteiger partial charge on any atom is 0.254 e. The third kappa shape index (κ3) is 2.41. The van der Waals surface area contributed by atoms with E-state index in [4.69, 9.17) is 0 Å². The molecule has 0 N–H and O–H groups in total. The van der Waals surface area contributed by atoms with Crippen LogP contribution >= 0.6 is 15.9 Å². The van der Waals surface area contributed by atoms with Crippen LogP contribution in [-0.2, 0) is 4.79 Å². The molecule has 1 aliphatic heterocycles. The van der Waals surface area contributed by atoms with Crippen molar-refractivity contribution in [1.29, 1.82) is 0 Å². The summed E-state index contributed by atoms with van der Waals surface area (Å²) in [5.41, 5.74) is 1.57. The molecule has 4 nitrogen and oxygen atoms in total. The predicted molar refractivity (Wildman–Crippen MR) is 72.4 cm³/mol. The van der Waals surface area contributed by atoms with Gasteiger partial charge in [-0.2, -0.15) is 0 Å². The average Bonchev–Trinajstić information content (AvgIpc) is 2.35. The number of nitrogens with zero attached hydrogens (tertiary/aromatic N) is 2. The maximum absolute atomic E-state index is 12.4. The Balaban J connectivity index is 2.22. The van der Waals surface area contributed by atoms with Crippen molar-refractivity contribution in [2.75, 3.05) is 26.7 Å². The summed E-state index contributed by atoms with van der Waals surface area (Å²) >= 11 is 3.41. The molecule has 1 aromatic carbocycles. The summed E-state index contributed by atoms with van der Waals surface area (Å²) in [4.78, 5) is 27.2. The van der Waals surface area contributed by atoms with Crippen molar-refractivity contribution in [3.05, 3.63) is 33.8 Å². The van der Waals surface area contributed by atoms with Gasteiger partial charge in [-0.3, -0.25) is 9.59 Å². The first kappa shape index (κ1) is 13.1. The summed E-state index contributed by atoms with van der Waals surface area (Å²) in [6, 6.07) is 5.54. The molecule has 5 heteroatoms. The lowest BCUT2D eigenvalue weighted by Gasteiger charge is -2.32. The van der Waals surface area contributed by atoms with Gasteiger partial charge in [-0.25, -0.2) is 0 Å². The molecule has 0 unspecified atom stereocenters. The second kappa shape index (κ2) is 5.10. The Morgan fingerprint density at radius 3 is 2.72 bits per heavy atom. The topological polar surface area (TPSA) is 40.6 Å². The highest BCUT2D eigenvalue weighted by Gasteiger charge is 2.26. The van der Waals surface area contributed by atoms with Gasteiger partial charge < -0.3 is 9.80 Å². The van der Waals surface area contributed by atoms with Crippen LogP contribution in [0.2, 0.25) is 0 Å². The molecule has 0 aliphatic carbocycles. The van der Waals surface area contributed by atoms with Crippen LogP contribution in [0.4, 0.5) is 0 Å². The second-order valence-corrected chi connectivity index (χ2v) is 5.31. The fourth-order valence-corrected chi connectivity index (χ4v) is 2.31. The first-order chi connectivity index (χ1) is 8.50. The fraction of sp³-hybridized carbons (Fsp3) is 0.385. The van der Waals surface area contributed by atoms with Gasteiger partial charge in [0.15, 0.2) is 0 Å². The van der Waals surface area contributed by atoms with Crippen molar-refractivity contribution in [3.63, 3.8) is 0 Å². The smallest absolute Gasteiger partial charge is 0.254 e. The molecular formula is C13H15BrN2O2. The summed E-state index contributed by atoms with van der Waals surface area (Å²) in [6.07, 6.45) is 0. The van der Waals surface area contributed by atoms with Gasteiger partial charge in [0, 0.05) is 30.2 Å². The van der Waals surface area contributed by atoms with Crippen LogP contribution in [0.15, 0.2) is 22.7 Å². The number of hydrogen-bond donors (Lipinski definition) is 0. The van der Waals surface area contributed by atoms with Crippen LogP contribution in [0, 0.1) is 6.92 Å². The van der Waals surface area contributed by atoms with Crippen LogP contribution in [0.5, 0.6) is 0 Å². The van der Waals surface area contributed by atoms with Crippen molar-refractivity contribution < 1.29 is 9.59 Å². The summed E-state index contributed by atoms with van der Waals surface area (Å²) in [5.74, 6) is -0.0856. The first-order valence-electron chi connectivity index (χ1n) is 5.79. The highest BCUT2D eigenvalue weighted by Crippen LogP contribution is 2.21. The van der Waals surface area contributed by atoms with Gasteiger partial charge in [0.1, 0.15) is 6.54 Å². The van der Waals surface area contributed by atoms with E-state index in [0.29, 0.717) is 18.7 Å². The van der Waals surface area contributed by atoms with Gasteiger partial charge in [-0.1, -0.05) is 22.0 Å². The van der Waals surface area contributed by atoms with Crippen molar-refractivity contribution >= 4 is 27.7 Å². The van der Waals surface area contributed by atoms with Crippen LogP contribution in [0.3, 0.4) is 0 Å². The van der Waals surface area contributed by atoms with Crippen LogP contribution < -0.4 is 0 Å². The molecule has 0 radical (unpaired) electrons. The van der Waals surface area contributed by atoms with Crippen molar-refractivity contribution in [2.45, 2.75) is 6.92 Å². The molecule has 1 saturated heterocycles. The number of amides is 2. The van der Waals surface area contributed by atoms with Crippen molar-refractivity contribution in [1.82, 2.24) is 9.80 Å². The normalized spacial score (nSPS) is 16.1. The lowest BCUT2D eigenvalue weighted by molar-refractivity contribution is -0.133. The van der Waals surface area contributed by atoms with Crippen LogP contribution in [-0.4, -0.2) is 48.3 Å². The Labute approximate surface area is 115 Å². The molecule has 1 aromatic rings. The zero-order chi connectivity index (χ0) is 13.3. The molecule has 0 atom stereocenters. The third-order valence-corrected chi connectivity index (χ3v) is 4.10. The van der Waals surface area contributed by atoms with Gasteiger partial charge in [-0.05, 0) is 24.6 Å². The van der Waals surface area contributed by atoms with Crippen molar-refractivity contribution in [3.8, 4) is 0 Å². The SMILES string of the molecule is Cc1c(Br)cccc1C(=O)N1CCN(C)C(=O)C1. The number of carbonyl (C=O) groups is 2. The molecule has 1 fully saturated rings. The van der Waals surface area contributed by atoms with E-state index < -0.39 is 0 Å². The molecule has 0 spiro atoms. The van der Waals surface area contributed by atoms with Gasteiger partial charge in [-0.15, -0.1) is 0 Å². The quantitative estimate of drug-likeness (QED) is 0.791. The zero-order valence-corrected chi connectivity index (χ0v) is 12.0. The molecule has 0 bridgehead atoms. The molecular weight excluding hydrogens is 296 g/mol. The molecule has 96 valence electrons. The molecule has 1 aliphatic rings. The van der Waals surface area contributed by atoms with E-state index in [2.05, 4.69) is 15.9 Å². The van der Waals surface area contributed by atoms with E-state index in [1.165, 1.54) is 0 Å². The number of carbonyl (C=O) groups excluding carboxylic acids is 2. The van der Waals surface area contributed by atoms with Gasteiger partial charge in [0.25, 0.3) is 5.91 Å². The Morgan fingerprint density at radius 2 is 2.06 bits per heavy atom. The number of piperazine rings is 1. The Morgan fingerprint density at radius 1 is 1.33 bits per heavy atom. The minimum atomic E-state index is -0.0738. The van der Waals surface area contributed by atoms with E-state index in [1.807, 2.05) is 19.1 Å². The lowest BCUT2D eigenvalue weighted by Crippen LogP contribution is -2.50. The maximum atomic E-state index is 12.4. The van der Waals surface area contributed by atoms with Crippen LogP contribution in [0.25, 0.3) is 0 Å². The van der Waals surface area contributed by atoms with E-state index in [0.717, 1.165) is 10.0 Å². The van der Waals surface area contributed by atoms with E-state index >= 15 is 0 Å². The number of halogens is 1. The number of likely N-dealkylation sites (N-methyl/N-ethyl adjacent to an activating group) is 1. The molecule has 2 rings (SSSR count). The molecule has 0 aromatic heterocycles. The molecule has 0 saturated carbocycles. The van der Waals surface area contributed by atoms with Gasteiger partial charge >= 0.3 is 0 Å². The summed E-state index contributed by atoms with van der Waals surface area (Å²) < 4.78 is 0.911. The molecule has 1 heterocycles. The average molecular weight is 311 g/mol. The Hall–Kier alpha value is -1.36. The lowest BCUT2D eigenvalue weighted by atomic mass is 10.1. The first-order valence-corrected chi connectivity index (χ1v) is 6.58. The highest BCUT2D eigenvalue weighted by atomic mass is 79.9.